The van der Waals surface area contributed by atoms with Gasteiger partial charge in [0.05, 0.1) is 38.6 Å². The Morgan fingerprint density at radius 2 is 1.76 bits per heavy atom. The maximum atomic E-state index is 13.6. The second kappa shape index (κ2) is 12.2. The molecule has 4 unspecified atom stereocenters. The van der Waals surface area contributed by atoms with Crippen molar-refractivity contribution in [3.63, 3.8) is 0 Å². The molecule has 0 aliphatic carbocycles. The Kier molecular flexibility index (Phi) is 9.48. The van der Waals surface area contributed by atoms with E-state index in [1.807, 2.05) is 51.1 Å². The first-order valence-corrected chi connectivity index (χ1v) is 13.0. The largest absolute Gasteiger partial charge is 0.496 e. The van der Waals surface area contributed by atoms with Gasteiger partial charge in [0.2, 0.25) is 0 Å². The molecule has 0 bridgehead atoms. The van der Waals surface area contributed by atoms with Crippen molar-refractivity contribution in [2.75, 3.05) is 13.7 Å². The van der Waals surface area contributed by atoms with E-state index < -0.39 is 41.6 Å². The van der Waals surface area contributed by atoms with Crippen LogP contribution in [-0.4, -0.2) is 48.9 Å². The number of likely N-dealkylation sites (tertiary alicyclic amines) is 1. The summed E-state index contributed by atoms with van der Waals surface area (Å²) in [6.45, 7) is 11.8. The van der Waals surface area contributed by atoms with Crippen LogP contribution in [0.25, 0.3) is 0 Å². The number of carbonyl (C=O) groups excluding carboxylic acids is 2. The summed E-state index contributed by atoms with van der Waals surface area (Å²) < 4.78 is 23.3. The van der Waals surface area contributed by atoms with Gasteiger partial charge in [-0.3, -0.25) is 4.90 Å². The molecule has 2 aromatic carbocycles. The molecule has 8 heteroatoms. The molecule has 1 heterocycles. The maximum absolute atomic E-state index is 13.6. The molecule has 0 aromatic heterocycles. The van der Waals surface area contributed by atoms with Crippen LogP contribution in [0.5, 0.6) is 5.75 Å². The second-order valence-corrected chi connectivity index (χ2v) is 11.0. The first kappa shape index (κ1) is 28.8. The van der Waals surface area contributed by atoms with Crippen molar-refractivity contribution in [2.45, 2.75) is 72.4 Å². The van der Waals surface area contributed by atoms with Crippen LogP contribution in [0.3, 0.4) is 0 Å². The summed E-state index contributed by atoms with van der Waals surface area (Å²) in [5.41, 5.74) is 1.18. The molecule has 1 fully saturated rings. The first-order valence-electron chi connectivity index (χ1n) is 12.6. The van der Waals surface area contributed by atoms with Crippen molar-refractivity contribution in [3.05, 3.63) is 64.7 Å². The number of rotatable bonds is 8. The molecule has 1 aliphatic rings. The van der Waals surface area contributed by atoms with Crippen LogP contribution in [0, 0.1) is 11.3 Å². The van der Waals surface area contributed by atoms with Gasteiger partial charge < -0.3 is 18.9 Å². The van der Waals surface area contributed by atoms with E-state index in [9.17, 15) is 9.59 Å². The van der Waals surface area contributed by atoms with Crippen molar-refractivity contribution < 1.29 is 28.5 Å². The summed E-state index contributed by atoms with van der Waals surface area (Å²) in [6.07, 6.45) is -1.50. The van der Waals surface area contributed by atoms with Crippen molar-refractivity contribution in [3.8, 4) is 5.75 Å². The van der Waals surface area contributed by atoms with Crippen LogP contribution in [0.2, 0.25) is 5.02 Å². The summed E-state index contributed by atoms with van der Waals surface area (Å²) in [5, 5.41) is 0.560. The number of esters is 1. The molecular weight excluding hydrogens is 494 g/mol. The van der Waals surface area contributed by atoms with Crippen LogP contribution >= 0.6 is 11.6 Å². The zero-order valence-electron chi connectivity index (χ0n) is 22.7. The van der Waals surface area contributed by atoms with Crippen LogP contribution in [0.15, 0.2) is 48.5 Å². The lowest BCUT2D eigenvalue weighted by molar-refractivity contribution is -0.151. The lowest BCUT2D eigenvalue weighted by atomic mass is 9.73. The SMILES string of the molecule is CCOC(=O)C1C(C(C)(C)C)C(OCc2cc(Cl)ccc2OC)C(c2ccccc2)N1C(=O)OC(C)C. The third-order valence-corrected chi connectivity index (χ3v) is 6.73. The molecule has 0 radical (unpaired) electrons. The lowest BCUT2D eigenvalue weighted by Gasteiger charge is -2.35. The summed E-state index contributed by atoms with van der Waals surface area (Å²) in [6, 6.07) is 13.4. The number of carbonyl (C=O) groups is 2. The minimum absolute atomic E-state index is 0.174. The van der Waals surface area contributed by atoms with E-state index >= 15 is 0 Å². The van der Waals surface area contributed by atoms with Crippen LogP contribution in [0.4, 0.5) is 4.79 Å². The van der Waals surface area contributed by atoms with E-state index in [-0.39, 0.29) is 19.3 Å². The van der Waals surface area contributed by atoms with Crippen molar-refractivity contribution in [1.29, 1.82) is 0 Å². The Bertz CT molecular complexity index is 1070. The van der Waals surface area contributed by atoms with E-state index in [0.717, 1.165) is 11.1 Å². The van der Waals surface area contributed by atoms with Gasteiger partial charge in [0, 0.05) is 16.5 Å². The number of hydrogen-bond acceptors (Lipinski definition) is 6. The van der Waals surface area contributed by atoms with Crippen molar-refractivity contribution >= 4 is 23.7 Å². The quantitative estimate of drug-likeness (QED) is 0.365. The number of hydrogen-bond donors (Lipinski definition) is 0. The normalized spacial score (nSPS) is 21.7. The van der Waals surface area contributed by atoms with Crippen LogP contribution < -0.4 is 4.74 Å². The second-order valence-electron chi connectivity index (χ2n) is 10.5. The van der Waals surface area contributed by atoms with Gasteiger partial charge in [0.15, 0.2) is 0 Å². The molecule has 4 atom stereocenters. The molecule has 1 saturated heterocycles. The third-order valence-electron chi connectivity index (χ3n) is 6.49. The highest BCUT2D eigenvalue weighted by Gasteiger charge is 2.59. The highest BCUT2D eigenvalue weighted by molar-refractivity contribution is 6.30. The predicted molar refractivity (Wildman–Crippen MR) is 143 cm³/mol. The van der Waals surface area contributed by atoms with Gasteiger partial charge in [-0.25, -0.2) is 9.59 Å². The standard InChI is InChI=1S/C29H38ClNO6/c1-8-35-27(32)25-23(29(4,5)6)26(36-17-20-16-21(30)14-15-22(20)34-7)24(19-12-10-9-11-13-19)31(25)28(33)37-18(2)3/h9-16,18,23-26H,8,17H2,1-7H3. The maximum Gasteiger partial charge on any atom is 0.411 e. The molecule has 202 valence electrons. The Balaban J connectivity index is 2.16. The van der Waals surface area contributed by atoms with Gasteiger partial charge in [0.1, 0.15) is 11.8 Å². The van der Waals surface area contributed by atoms with Gasteiger partial charge >= 0.3 is 12.1 Å². The fraction of sp³-hybridized carbons (Fsp3) is 0.517. The Morgan fingerprint density at radius 1 is 1.08 bits per heavy atom. The molecule has 0 saturated carbocycles. The third kappa shape index (κ3) is 6.57. The first-order chi connectivity index (χ1) is 17.5. The molecular formula is C29H38ClNO6. The Hall–Kier alpha value is -2.77. The monoisotopic (exact) mass is 531 g/mol. The minimum atomic E-state index is -0.900. The Labute approximate surface area is 225 Å². The van der Waals surface area contributed by atoms with Gasteiger partial charge in [-0.1, -0.05) is 62.7 Å². The van der Waals surface area contributed by atoms with Crippen LogP contribution in [0.1, 0.15) is 58.7 Å². The van der Waals surface area contributed by atoms with Crippen molar-refractivity contribution in [2.24, 2.45) is 11.3 Å². The number of amides is 1. The summed E-state index contributed by atoms with van der Waals surface area (Å²) in [7, 11) is 1.59. The van der Waals surface area contributed by atoms with Gasteiger partial charge in [-0.2, -0.15) is 0 Å². The van der Waals surface area contributed by atoms with E-state index in [1.54, 1.807) is 46.1 Å². The van der Waals surface area contributed by atoms with Gasteiger partial charge in [0.25, 0.3) is 0 Å². The summed E-state index contributed by atoms with van der Waals surface area (Å²) >= 11 is 6.27. The van der Waals surface area contributed by atoms with E-state index in [0.29, 0.717) is 10.8 Å². The molecule has 37 heavy (non-hydrogen) atoms. The lowest BCUT2D eigenvalue weighted by Crippen LogP contribution is -2.48. The summed E-state index contributed by atoms with van der Waals surface area (Å²) in [4.78, 5) is 28.6. The van der Waals surface area contributed by atoms with E-state index in [4.69, 9.17) is 30.5 Å². The Morgan fingerprint density at radius 3 is 2.32 bits per heavy atom. The number of halogens is 1. The molecule has 3 rings (SSSR count). The van der Waals surface area contributed by atoms with Gasteiger partial charge in [-0.05, 0) is 49.9 Å². The zero-order chi connectivity index (χ0) is 27.3. The fourth-order valence-corrected chi connectivity index (χ4v) is 5.26. The highest BCUT2D eigenvalue weighted by atomic mass is 35.5. The fourth-order valence-electron chi connectivity index (χ4n) is 5.07. The predicted octanol–water partition coefficient (Wildman–Crippen LogP) is 6.43. The summed E-state index contributed by atoms with van der Waals surface area (Å²) in [5.74, 6) is -0.235. The molecule has 1 amide bonds. The average molecular weight is 532 g/mol. The molecule has 2 aromatic rings. The van der Waals surface area contributed by atoms with Crippen molar-refractivity contribution in [1.82, 2.24) is 4.90 Å². The van der Waals surface area contributed by atoms with E-state index in [2.05, 4.69) is 0 Å². The molecule has 0 spiro atoms. The van der Waals surface area contributed by atoms with Crippen LogP contribution in [-0.2, 0) is 25.6 Å². The molecule has 7 nitrogen and oxygen atoms in total. The topological polar surface area (TPSA) is 74.3 Å². The highest BCUT2D eigenvalue weighted by Crippen LogP contribution is 2.50. The number of nitrogens with zero attached hydrogens (tertiary/aromatic N) is 1. The minimum Gasteiger partial charge on any atom is -0.496 e. The molecule has 0 N–H and O–H groups in total. The smallest absolute Gasteiger partial charge is 0.411 e. The molecule has 1 aliphatic heterocycles. The van der Waals surface area contributed by atoms with Gasteiger partial charge in [-0.15, -0.1) is 0 Å². The van der Waals surface area contributed by atoms with E-state index in [1.165, 1.54) is 4.90 Å². The average Bonchev–Trinajstić information content (AvgIpc) is 3.19. The number of benzene rings is 2. The number of methoxy groups -OCH3 is 1. The number of ether oxygens (including phenoxy) is 4. The zero-order valence-corrected chi connectivity index (χ0v) is 23.5.